The molecule has 1 amide bonds. The minimum Gasteiger partial charge on any atom is -0.357 e. The predicted molar refractivity (Wildman–Crippen MR) is 122 cm³/mol. The third-order valence-corrected chi connectivity index (χ3v) is 7.32. The van der Waals surface area contributed by atoms with Crippen molar-refractivity contribution >= 4 is 39.9 Å². The zero-order valence-electron chi connectivity index (χ0n) is 17.6. The summed E-state index contributed by atoms with van der Waals surface area (Å²) in [5.41, 5.74) is 1.29. The molecule has 4 rings (SSSR count). The van der Waals surface area contributed by atoms with E-state index in [0.717, 1.165) is 69.0 Å². The number of hydrogen-bond donors (Lipinski definition) is 1. The van der Waals surface area contributed by atoms with Crippen LogP contribution in [0.3, 0.4) is 0 Å². The molecule has 0 saturated carbocycles. The van der Waals surface area contributed by atoms with Crippen molar-refractivity contribution < 1.29 is 4.79 Å². The second-order valence-corrected chi connectivity index (χ2v) is 9.16. The molecule has 0 atom stereocenters. The van der Waals surface area contributed by atoms with E-state index in [4.69, 9.17) is 0 Å². The van der Waals surface area contributed by atoms with Gasteiger partial charge in [-0.2, -0.15) is 4.37 Å². The number of nitrogens with zero attached hydrogens (tertiary/aromatic N) is 6. The number of anilines is 1. The lowest BCUT2D eigenvalue weighted by atomic mass is 10.1. The van der Waals surface area contributed by atoms with Crippen molar-refractivity contribution in [2.75, 3.05) is 50.7 Å². The van der Waals surface area contributed by atoms with E-state index in [-0.39, 0.29) is 12.5 Å². The molecular formula is C20H29N7OS2. The SMILES string of the molecule is CCNC(=NCC(=O)N1CCc2sccc2C1)N1CCN(c2nc(CC)ns2)CC1. The molecular weight excluding hydrogens is 418 g/mol. The van der Waals surface area contributed by atoms with E-state index in [1.807, 2.05) is 4.90 Å². The highest BCUT2D eigenvalue weighted by atomic mass is 32.1. The zero-order valence-corrected chi connectivity index (χ0v) is 19.3. The molecule has 2 aliphatic rings. The van der Waals surface area contributed by atoms with Gasteiger partial charge in [0.1, 0.15) is 12.4 Å². The second-order valence-electron chi connectivity index (χ2n) is 7.43. The van der Waals surface area contributed by atoms with Crippen LogP contribution < -0.4 is 10.2 Å². The number of amides is 1. The Kier molecular flexibility index (Phi) is 6.83. The Morgan fingerprint density at radius 3 is 2.77 bits per heavy atom. The summed E-state index contributed by atoms with van der Waals surface area (Å²) < 4.78 is 4.40. The topological polar surface area (TPSA) is 77.0 Å². The van der Waals surface area contributed by atoms with Gasteiger partial charge in [0.2, 0.25) is 11.0 Å². The fourth-order valence-electron chi connectivity index (χ4n) is 3.76. The molecule has 1 saturated heterocycles. The first kappa shape index (κ1) is 21.0. The lowest BCUT2D eigenvalue weighted by Gasteiger charge is -2.36. The number of carbonyl (C=O) groups is 1. The molecule has 2 aromatic heterocycles. The van der Waals surface area contributed by atoms with Gasteiger partial charge in [0.05, 0.1) is 0 Å². The summed E-state index contributed by atoms with van der Waals surface area (Å²) in [4.78, 5) is 29.9. The first-order valence-electron chi connectivity index (χ1n) is 10.6. The Morgan fingerprint density at radius 2 is 2.03 bits per heavy atom. The molecule has 162 valence electrons. The van der Waals surface area contributed by atoms with Gasteiger partial charge in [0.15, 0.2) is 5.96 Å². The van der Waals surface area contributed by atoms with E-state index in [1.165, 1.54) is 22.0 Å². The summed E-state index contributed by atoms with van der Waals surface area (Å²) in [5.74, 6) is 1.84. The molecule has 0 unspecified atom stereocenters. The van der Waals surface area contributed by atoms with Crippen LogP contribution in [0.1, 0.15) is 30.1 Å². The van der Waals surface area contributed by atoms with E-state index in [2.05, 4.69) is 54.8 Å². The van der Waals surface area contributed by atoms with Gasteiger partial charge in [0.25, 0.3) is 0 Å². The molecule has 1 N–H and O–H groups in total. The van der Waals surface area contributed by atoms with Crippen molar-refractivity contribution in [1.82, 2.24) is 24.5 Å². The quantitative estimate of drug-likeness (QED) is 0.557. The van der Waals surface area contributed by atoms with Crippen LogP contribution in [0, 0.1) is 0 Å². The lowest BCUT2D eigenvalue weighted by molar-refractivity contribution is -0.130. The molecule has 0 aromatic carbocycles. The predicted octanol–water partition coefficient (Wildman–Crippen LogP) is 1.83. The number of aromatic nitrogens is 2. The first-order valence-corrected chi connectivity index (χ1v) is 12.3. The molecule has 0 radical (unpaired) electrons. The van der Waals surface area contributed by atoms with Crippen LogP contribution in [-0.2, 0) is 24.2 Å². The molecule has 1 fully saturated rings. The van der Waals surface area contributed by atoms with Gasteiger partial charge < -0.3 is 20.0 Å². The number of guanidine groups is 1. The zero-order chi connectivity index (χ0) is 20.9. The fraction of sp³-hybridized carbons (Fsp3) is 0.600. The van der Waals surface area contributed by atoms with Gasteiger partial charge in [0, 0.05) is 68.6 Å². The maximum absolute atomic E-state index is 12.7. The number of nitrogens with one attached hydrogen (secondary N) is 1. The number of fused-ring (bicyclic) bond motifs is 1. The monoisotopic (exact) mass is 447 g/mol. The maximum Gasteiger partial charge on any atom is 0.244 e. The van der Waals surface area contributed by atoms with Crippen LogP contribution >= 0.6 is 22.9 Å². The molecule has 0 bridgehead atoms. The van der Waals surface area contributed by atoms with Crippen LogP contribution in [0.15, 0.2) is 16.4 Å². The van der Waals surface area contributed by atoms with Gasteiger partial charge in [-0.15, -0.1) is 11.3 Å². The Labute approximate surface area is 185 Å². The molecule has 8 nitrogen and oxygen atoms in total. The van der Waals surface area contributed by atoms with Crippen molar-refractivity contribution in [2.45, 2.75) is 33.2 Å². The highest BCUT2D eigenvalue weighted by Gasteiger charge is 2.24. The van der Waals surface area contributed by atoms with Crippen LogP contribution in [0.5, 0.6) is 0 Å². The minimum absolute atomic E-state index is 0.0989. The minimum atomic E-state index is 0.0989. The van der Waals surface area contributed by atoms with E-state index in [9.17, 15) is 4.79 Å². The highest BCUT2D eigenvalue weighted by Crippen LogP contribution is 2.24. The number of rotatable bonds is 5. The van der Waals surface area contributed by atoms with Crippen molar-refractivity contribution in [1.29, 1.82) is 0 Å². The van der Waals surface area contributed by atoms with Crippen LogP contribution in [0.4, 0.5) is 5.13 Å². The maximum atomic E-state index is 12.7. The molecule has 0 aliphatic carbocycles. The van der Waals surface area contributed by atoms with Gasteiger partial charge >= 0.3 is 0 Å². The van der Waals surface area contributed by atoms with E-state index >= 15 is 0 Å². The van der Waals surface area contributed by atoms with Crippen molar-refractivity contribution in [3.63, 3.8) is 0 Å². The summed E-state index contributed by atoms with van der Waals surface area (Å²) in [6, 6.07) is 2.13. The molecule has 30 heavy (non-hydrogen) atoms. The number of piperazine rings is 1. The van der Waals surface area contributed by atoms with E-state index < -0.39 is 0 Å². The molecule has 2 aromatic rings. The number of carbonyl (C=O) groups excluding carboxylic acids is 1. The highest BCUT2D eigenvalue weighted by molar-refractivity contribution is 7.10. The van der Waals surface area contributed by atoms with E-state index in [1.54, 1.807) is 11.3 Å². The lowest BCUT2D eigenvalue weighted by Crippen LogP contribution is -2.52. The molecule has 0 spiro atoms. The fourth-order valence-corrected chi connectivity index (χ4v) is 5.45. The Bertz CT molecular complexity index is 885. The average molecular weight is 448 g/mol. The van der Waals surface area contributed by atoms with Gasteiger partial charge in [-0.05, 0) is 30.4 Å². The van der Waals surface area contributed by atoms with Crippen LogP contribution in [0.25, 0.3) is 0 Å². The smallest absolute Gasteiger partial charge is 0.244 e. The van der Waals surface area contributed by atoms with E-state index in [0.29, 0.717) is 6.54 Å². The normalized spacial score (nSPS) is 17.3. The van der Waals surface area contributed by atoms with Crippen LogP contribution in [-0.4, -0.2) is 76.8 Å². The largest absolute Gasteiger partial charge is 0.357 e. The van der Waals surface area contributed by atoms with Crippen molar-refractivity contribution in [3.05, 3.63) is 27.7 Å². The van der Waals surface area contributed by atoms with Crippen LogP contribution in [0.2, 0.25) is 0 Å². The first-order chi connectivity index (χ1) is 14.7. The molecule has 10 heteroatoms. The Hall–Kier alpha value is -2.20. The van der Waals surface area contributed by atoms with Gasteiger partial charge in [-0.25, -0.2) is 9.98 Å². The van der Waals surface area contributed by atoms with Crippen molar-refractivity contribution in [2.24, 2.45) is 4.99 Å². The number of hydrogen-bond acceptors (Lipinski definition) is 7. The van der Waals surface area contributed by atoms with Crippen molar-refractivity contribution in [3.8, 4) is 0 Å². The summed E-state index contributed by atoms with van der Waals surface area (Å²) >= 11 is 3.27. The molecule has 4 heterocycles. The number of aliphatic imine (C=N–C) groups is 1. The average Bonchev–Trinajstić information content (AvgIpc) is 3.45. The summed E-state index contributed by atoms with van der Waals surface area (Å²) in [5, 5.41) is 6.47. The Morgan fingerprint density at radius 1 is 1.20 bits per heavy atom. The Balaban J connectivity index is 1.33. The summed E-state index contributed by atoms with van der Waals surface area (Å²) in [7, 11) is 0. The third-order valence-electron chi connectivity index (χ3n) is 5.48. The number of aryl methyl sites for hydroxylation is 1. The molecule has 2 aliphatic heterocycles. The third kappa shape index (κ3) is 4.75. The second kappa shape index (κ2) is 9.74. The standard InChI is InChI=1S/C20H29N7OS2/c1-3-17-23-20(30-24-17)26-10-8-25(9-11-26)19(21-4-2)22-13-18(28)27-7-5-16-15(14-27)6-12-29-16/h6,12H,3-5,7-11,13-14H2,1-2H3,(H,21,22). The van der Waals surface area contributed by atoms with Gasteiger partial charge in [-0.3, -0.25) is 4.79 Å². The van der Waals surface area contributed by atoms with Gasteiger partial charge in [-0.1, -0.05) is 6.92 Å². The number of thiophene rings is 1. The summed E-state index contributed by atoms with van der Waals surface area (Å²) in [6.07, 6.45) is 1.82. The summed E-state index contributed by atoms with van der Waals surface area (Å²) in [6.45, 7) is 10.1.